The van der Waals surface area contributed by atoms with E-state index in [1.165, 1.54) is 0 Å². The number of hydrogen-bond acceptors (Lipinski definition) is 2. The van der Waals surface area contributed by atoms with Gasteiger partial charge in [0.2, 0.25) is 5.91 Å². The summed E-state index contributed by atoms with van der Waals surface area (Å²) in [5.74, 6) is -1.12. The fraction of sp³-hybridized carbons (Fsp3) is 0.429. The summed E-state index contributed by atoms with van der Waals surface area (Å²) in [4.78, 5) is 22.7. The Morgan fingerprint density at radius 1 is 1.42 bits per heavy atom. The number of nitrogens with one attached hydrogen (secondary N) is 1. The van der Waals surface area contributed by atoms with Crippen LogP contribution >= 0.6 is 11.6 Å². The molecule has 0 saturated carbocycles. The zero-order valence-electron chi connectivity index (χ0n) is 11.1. The summed E-state index contributed by atoms with van der Waals surface area (Å²) >= 11 is 5.85. The Hall–Kier alpha value is -1.55. The number of carbonyl (C=O) groups excluding carboxylic acids is 1. The van der Waals surface area contributed by atoms with E-state index in [1.807, 2.05) is 13.0 Å². The number of rotatable bonds is 6. The van der Waals surface area contributed by atoms with Gasteiger partial charge in [0.25, 0.3) is 0 Å². The van der Waals surface area contributed by atoms with Gasteiger partial charge in [-0.15, -0.1) is 0 Å². The first-order chi connectivity index (χ1) is 8.84. The number of hydrogen-bond donors (Lipinski definition) is 2. The maximum absolute atomic E-state index is 11.9. The number of amides is 1. The number of carboxylic acids is 1. The molecule has 0 spiro atoms. The van der Waals surface area contributed by atoms with Crippen LogP contribution in [-0.2, 0) is 16.0 Å². The average molecular weight is 284 g/mol. The van der Waals surface area contributed by atoms with Gasteiger partial charge >= 0.3 is 5.97 Å². The quantitative estimate of drug-likeness (QED) is 0.843. The largest absolute Gasteiger partial charge is 0.481 e. The molecule has 1 atom stereocenters. The number of carboxylic acid groups (broad SMARTS) is 1. The van der Waals surface area contributed by atoms with Crippen molar-refractivity contribution >= 4 is 23.5 Å². The number of benzene rings is 1. The van der Waals surface area contributed by atoms with E-state index in [2.05, 4.69) is 5.32 Å². The molecule has 0 heterocycles. The minimum absolute atomic E-state index is 0.0925. The Balaban J connectivity index is 2.66. The van der Waals surface area contributed by atoms with Gasteiger partial charge in [-0.05, 0) is 31.0 Å². The van der Waals surface area contributed by atoms with E-state index < -0.39 is 11.5 Å². The first-order valence-electron chi connectivity index (χ1n) is 6.12. The lowest BCUT2D eigenvalue weighted by atomic mass is 9.94. The van der Waals surface area contributed by atoms with Crippen LogP contribution in [0.25, 0.3) is 0 Å². The Morgan fingerprint density at radius 3 is 2.63 bits per heavy atom. The van der Waals surface area contributed by atoms with Crippen molar-refractivity contribution < 1.29 is 14.7 Å². The molecule has 0 fully saturated rings. The molecule has 0 radical (unpaired) electrons. The van der Waals surface area contributed by atoms with Crippen LogP contribution in [0.4, 0.5) is 0 Å². The molecule has 2 N–H and O–H groups in total. The van der Waals surface area contributed by atoms with Crippen molar-refractivity contribution in [1.29, 1.82) is 0 Å². The molecule has 1 rings (SSSR count). The molecule has 0 aliphatic rings. The van der Waals surface area contributed by atoms with E-state index >= 15 is 0 Å². The molecule has 0 saturated heterocycles. The van der Waals surface area contributed by atoms with Crippen LogP contribution in [-0.4, -0.2) is 22.5 Å². The second-order valence-corrected chi connectivity index (χ2v) is 5.28. The molecule has 1 aromatic rings. The van der Waals surface area contributed by atoms with Gasteiger partial charge in [0.15, 0.2) is 0 Å². The molecule has 5 heteroatoms. The van der Waals surface area contributed by atoms with Gasteiger partial charge < -0.3 is 10.4 Å². The monoisotopic (exact) mass is 283 g/mol. The van der Waals surface area contributed by atoms with E-state index in [1.54, 1.807) is 25.1 Å². The summed E-state index contributed by atoms with van der Waals surface area (Å²) in [5.41, 5.74) is 0.0837. The van der Waals surface area contributed by atoms with Crippen molar-refractivity contribution in [2.24, 2.45) is 0 Å². The van der Waals surface area contributed by atoms with Crippen LogP contribution in [0.1, 0.15) is 32.3 Å². The minimum atomic E-state index is -0.924. The van der Waals surface area contributed by atoms with Crippen molar-refractivity contribution in [1.82, 2.24) is 5.32 Å². The van der Waals surface area contributed by atoms with E-state index in [4.69, 9.17) is 16.7 Å². The molecule has 0 aliphatic heterocycles. The fourth-order valence-corrected chi connectivity index (χ4v) is 2.02. The van der Waals surface area contributed by atoms with Crippen molar-refractivity contribution in [3.8, 4) is 0 Å². The number of halogens is 1. The summed E-state index contributed by atoms with van der Waals surface area (Å²) in [6.07, 6.45) is 0.654. The highest BCUT2D eigenvalue weighted by molar-refractivity contribution is 6.30. The Labute approximate surface area is 117 Å². The topological polar surface area (TPSA) is 66.4 Å². The zero-order chi connectivity index (χ0) is 14.5. The highest BCUT2D eigenvalue weighted by Gasteiger charge is 2.27. The molecule has 19 heavy (non-hydrogen) atoms. The summed E-state index contributed by atoms with van der Waals surface area (Å²) in [6, 6.07) is 7.05. The van der Waals surface area contributed by atoms with E-state index in [0.717, 1.165) is 5.56 Å². The normalized spacial score (nSPS) is 13.6. The van der Waals surface area contributed by atoms with Crippen LogP contribution in [0, 0.1) is 0 Å². The smallest absolute Gasteiger partial charge is 0.305 e. The van der Waals surface area contributed by atoms with Crippen molar-refractivity contribution in [2.45, 2.75) is 38.6 Å². The third-order valence-corrected chi connectivity index (χ3v) is 3.25. The number of aliphatic carboxylic acids is 1. The Bertz CT molecular complexity index is 476. The molecule has 1 aromatic carbocycles. The molecule has 0 aromatic heterocycles. The Morgan fingerprint density at radius 2 is 2.11 bits per heavy atom. The summed E-state index contributed by atoms with van der Waals surface area (Å²) < 4.78 is 0. The second-order valence-electron chi connectivity index (χ2n) is 4.84. The van der Waals surface area contributed by atoms with Crippen LogP contribution in [0.15, 0.2) is 24.3 Å². The molecular formula is C14H18ClNO3. The van der Waals surface area contributed by atoms with Gasteiger partial charge in [0.05, 0.1) is 12.8 Å². The van der Waals surface area contributed by atoms with Crippen LogP contribution in [0.5, 0.6) is 0 Å². The van der Waals surface area contributed by atoms with Gasteiger partial charge in [-0.25, -0.2) is 0 Å². The maximum atomic E-state index is 11.9. The second kappa shape index (κ2) is 6.57. The minimum Gasteiger partial charge on any atom is -0.481 e. The molecule has 1 unspecified atom stereocenters. The third-order valence-electron chi connectivity index (χ3n) is 3.02. The summed E-state index contributed by atoms with van der Waals surface area (Å²) in [5, 5.41) is 12.2. The SMILES string of the molecule is CCC(C)(CC(=O)O)NC(=O)Cc1cccc(Cl)c1. The molecule has 0 aliphatic carbocycles. The average Bonchev–Trinajstić information content (AvgIpc) is 2.27. The molecular weight excluding hydrogens is 266 g/mol. The third kappa shape index (κ3) is 5.30. The number of carbonyl (C=O) groups is 2. The van der Waals surface area contributed by atoms with Crippen LogP contribution < -0.4 is 5.32 Å². The Kier molecular flexibility index (Phi) is 5.36. The first-order valence-corrected chi connectivity index (χ1v) is 6.50. The predicted molar refractivity (Wildman–Crippen MR) is 74.2 cm³/mol. The summed E-state index contributed by atoms with van der Waals surface area (Å²) in [6.45, 7) is 3.58. The highest BCUT2D eigenvalue weighted by atomic mass is 35.5. The standard InChI is InChI=1S/C14H18ClNO3/c1-3-14(2,9-13(18)19)16-12(17)8-10-5-4-6-11(15)7-10/h4-7H,3,8-9H2,1-2H3,(H,16,17)(H,18,19). The summed E-state index contributed by atoms with van der Waals surface area (Å²) in [7, 11) is 0. The van der Waals surface area contributed by atoms with Crippen LogP contribution in [0.3, 0.4) is 0 Å². The van der Waals surface area contributed by atoms with Crippen LogP contribution in [0.2, 0.25) is 5.02 Å². The fourth-order valence-electron chi connectivity index (χ4n) is 1.80. The zero-order valence-corrected chi connectivity index (χ0v) is 11.8. The lowest BCUT2D eigenvalue weighted by molar-refractivity contribution is -0.139. The highest BCUT2D eigenvalue weighted by Crippen LogP contribution is 2.16. The van der Waals surface area contributed by atoms with Gasteiger partial charge in [0, 0.05) is 10.6 Å². The van der Waals surface area contributed by atoms with Crippen molar-refractivity contribution in [2.75, 3.05) is 0 Å². The van der Waals surface area contributed by atoms with Gasteiger partial charge in [-0.3, -0.25) is 9.59 Å². The predicted octanol–water partition coefficient (Wildman–Crippen LogP) is 2.64. The van der Waals surface area contributed by atoms with Gasteiger partial charge in [0.1, 0.15) is 0 Å². The van der Waals surface area contributed by atoms with E-state index in [0.29, 0.717) is 11.4 Å². The van der Waals surface area contributed by atoms with Crippen molar-refractivity contribution in [3.63, 3.8) is 0 Å². The first kappa shape index (κ1) is 15.5. The van der Waals surface area contributed by atoms with E-state index in [-0.39, 0.29) is 18.7 Å². The van der Waals surface area contributed by atoms with Crippen molar-refractivity contribution in [3.05, 3.63) is 34.9 Å². The van der Waals surface area contributed by atoms with Gasteiger partial charge in [-0.2, -0.15) is 0 Å². The lowest BCUT2D eigenvalue weighted by Crippen LogP contribution is -2.47. The lowest BCUT2D eigenvalue weighted by Gasteiger charge is -2.28. The molecule has 1 amide bonds. The van der Waals surface area contributed by atoms with Gasteiger partial charge in [-0.1, -0.05) is 30.7 Å². The van der Waals surface area contributed by atoms with E-state index in [9.17, 15) is 9.59 Å². The molecule has 4 nitrogen and oxygen atoms in total. The molecule has 0 bridgehead atoms. The maximum Gasteiger partial charge on any atom is 0.305 e. The molecule has 104 valence electrons.